The molecule has 0 spiro atoms. The van der Waals surface area contributed by atoms with Crippen molar-refractivity contribution in [3.63, 3.8) is 0 Å². The van der Waals surface area contributed by atoms with Gasteiger partial charge in [0.1, 0.15) is 11.6 Å². The van der Waals surface area contributed by atoms with Crippen LogP contribution in [-0.4, -0.2) is 67.4 Å². The molecule has 188 valence electrons. The number of aryl methyl sites for hydroxylation is 3. The van der Waals surface area contributed by atoms with Gasteiger partial charge in [0.05, 0.1) is 12.2 Å². The Hall–Kier alpha value is -3.74. The summed E-state index contributed by atoms with van der Waals surface area (Å²) < 4.78 is 39.2. The summed E-state index contributed by atoms with van der Waals surface area (Å²) in [6, 6.07) is 7.40. The van der Waals surface area contributed by atoms with Gasteiger partial charge in [0.25, 0.3) is 0 Å². The van der Waals surface area contributed by atoms with Crippen molar-refractivity contribution in [2.45, 2.75) is 39.8 Å². The number of alkyl halides is 3. The number of aliphatic carboxylic acids is 1. The lowest BCUT2D eigenvalue weighted by atomic mass is 10.3. The lowest BCUT2D eigenvalue weighted by molar-refractivity contribution is -0.192. The summed E-state index contributed by atoms with van der Waals surface area (Å²) in [6.45, 7) is 8.06. The second-order valence-electron chi connectivity index (χ2n) is 8.02. The molecule has 1 fully saturated rings. The molecule has 4 rings (SSSR count). The van der Waals surface area contributed by atoms with Crippen molar-refractivity contribution in [1.29, 1.82) is 0 Å². The van der Waals surface area contributed by atoms with Gasteiger partial charge in [-0.2, -0.15) is 18.3 Å². The topological polar surface area (TPSA) is 126 Å². The van der Waals surface area contributed by atoms with Crippen LogP contribution in [0.1, 0.15) is 30.0 Å². The van der Waals surface area contributed by atoms with E-state index in [1.165, 1.54) is 0 Å². The number of carboxylic acids is 1. The molecular weight excluding hydrogens is 469 g/mol. The highest BCUT2D eigenvalue weighted by Crippen LogP contribution is 2.23. The van der Waals surface area contributed by atoms with E-state index in [9.17, 15) is 18.0 Å². The van der Waals surface area contributed by atoms with Crippen molar-refractivity contribution in [1.82, 2.24) is 24.6 Å². The zero-order valence-corrected chi connectivity index (χ0v) is 19.4. The number of rotatable bonds is 5. The molecule has 1 saturated heterocycles. The van der Waals surface area contributed by atoms with E-state index in [1.807, 2.05) is 39.0 Å². The molecule has 1 aliphatic rings. The first-order chi connectivity index (χ1) is 16.4. The number of nitrogens with zero attached hydrogens (tertiary/aromatic N) is 5. The first kappa shape index (κ1) is 25.9. The van der Waals surface area contributed by atoms with Crippen molar-refractivity contribution in [3.05, 3.63) is 41.4 Å². The maximum Gasteiger partial charge on any atom is 0.490 e. The van der Waals surface area contributed by atoms with Crippen LogP contribution in [0.4, 0.5) is 19.0 Å². The third-order valence-corrected chi connectivity index (χ3v) is 4.98. The van der Waals surface area contributed by atoms with Crippen LogP contribution in [0.3, 0.4) is 0 Å². The van der Waals surface area contributed by atoms with Crippen molar-refractivity contribution in [3.8, 4) is 17.4 Å². The Balaban J connectivity index is 0.000000429. The van der Waals surface area contributed by atoms with E-state index in [-0.39, 0.29) is 5.91 Å². The van der Waals surface area contributed by atoms with Crippen molar-refractivity contribution >= 4 is 17.7 Å². The Morgan fingerprint density at radius 3 is 2.29 bits per heavy atom. The van der Waals surface area contributed by atoms with E-state index >= 15 is 0 Å². The van der Waals surface area contributed by atoms with Gasteiger partial charge in [-0.25, -0.2) is 19.4 Å². The fourth-order valence-electron chi connectivity index (χ4n) is 3.46. The molecule has 10 nitrogen and oxygen atoms in total. The van der Waals surface area contributed by atoms with Crippen LogP contribution < -0.4 is 5.32 Å². The first-order valence-corrected chi connectivity index (χ1v) is 10.7. The summed E-state index contributed by atoms with van der Waals surface area (Å²) >= 11 is 0. The summed E-state index contributed by atoms with van der Waals surface area (Å²) in [7, 11) is 0. The average Bonchev–Trinajstić information content (AvgIpc) is 3.49. The molecule has 13 heteroatoms. The van der Waals surface area contributed by atoms with Gasteiger partial charge in [-0.3, -0.25) is 9.69 Å². The fourth-order valence-corrected chi connectivity index (χ4v) is 3.46. The van der Waals surface area contributed by atoms with Crippen LogP contribution >= 0.6 is 0 Å². The quantitative estimate of drug-likeness (QED) is 0.552. The maximum atomic E-state index is 12.5. The third-order valence-electron chi connectivity index (χ3n) is 4.98. The molecule has 0 aromatic carbocycles. The van der Waals surface area contributed by atoms with Crippen molar-refractivity contribution in [2.75, 3.05) is 25.0 Å². The van der Waals surface area contributed by atoms with Crippen LogP contribution in [0, 0.1) is 20.8 Å². The van der Waals surface area contributed by atoms with Crippen LogP contribution in [0.5, 0.6) is 0 Å². The standard InChI is InChI=1S/C20H24N6O2.C2HF3O2/c1-13-10-14(2)26(24-13)18-11-17(21-19(27)12-25-8-4-5-9-25)22-20(23-18)16-7-6-15(3)28-16;3-2(4,5)1(6)7/h6-7,10-11H,4-5,8-9,12H2,1-3H3,(H,21,22,23,27);(H,6,7). The number of likely N-dealkylation sites (tertiary alicyclic amines) is 1. The van der Waals surface area contributed by atoms with E-state index in [0.29, 0.717) is 29.8 Å². The minimum atomic E-state index is -5.08. The first-order valence-electron chi connectivity index (χ1n) is 10.7. The molecule has 0 atom stereocenters. The maximum absolute atomic E-state index is 12.5. The number of hydrogen-bond acceptors (Lipinski definition) is 7. The fraction of sp³-hybridized carbons (Fsp3) is 0.409. The van der Waals surface area contributed by atoms with Gasteiger partial charge in [-0.15, -0.1) is 0 Å². The number of carboxylic acid groups (broad SMARTS) is 1. The number of aromatic nitrogens is 4. The van der Waals surface area contributed by atoms with E-state index in [4.69, 9.17) is 14.3 Å². The van der Waals surface area contributed by atoms with Crippen LogP contribution in [0.2, 0.25) is 0 Å². The zero-order chi connectivity index (χ0) is 25.8. The Labute approximate surface area is 198 Å². The molecule has 2 N–H and O–H groups in total. The lowest BCUT2D eigenvalue weighted by Gasteiger charge is -2.14. The largest absolute Gasteiger partial charge is 0.490 e. The van der Waals surface area contributed by atoms with Gasteiger partial charge in [-0.05, 0) is 64.9 Å². The second-order valence-corrected chi connectivity index (χ2v) is 8.02. The molecule has 0 radical (unpaired) electrons. The highest BCUT2D eigenvalue weighted by Gasteiger charge is 2.38. The number of furan rings is 1. The van der Waals surface area contributed by atoms with Crippen LogP contribution in [0.25, 0.3) is 17.4 Å². The predicted octanol–water partition coefficient (Wildman–Crippen LogP) is 3.52. The van der Waals surface area contributed by atoms with Gasteiger partial charge in [0.2, 0.25) is 5.91 Å². The number of anilines is 1. The zero-order valence-electron chi connectivity index (χ0n) is 19.4. The molecule has 4 heterocycles. The molecule has 3 aromatic rings. The van der Waals surface area contributed by atoms with Crippen LogP contribution in [0.15, 0.2) is 28.7 Å². The highest BCUT2D eigenvalue weighted by atomic mass is 19.4. The third kappa shape index (κ3) is 7.12. The number of carbonyl (C=O) groups is 2. The Morgan fingerprint density at radius 1 is 1.11 bits per heavy atom. The van der Waals surface area contributed by atoms with Gasteiger partial charge in [0.15, 0.2) is 17.4 Å². The summed E-state index contributed by atoms with van der Waals surface area (Å²) in [5, 5.41) is 14.5. The SMILES string of the molecule is Cc1cc(C)n(-c2cc(NC(=O)CN3CCCC3)nc(-c3ccc(C)o3)n2)n1.O=C(O)C(F)(F)F. The Morgan fingerprint density at radius 2 is 1.77 bits per heavy atom. The van der Waals surface area contributed by atoms with Crippen LogP contribution in [-0.2, 0) is 9.59 Å². The number of halogens is 3. The molecule has 0 aliphatic carbocycles. The summed E-state index contributed by atoms with van der Waals surface area (Å²) in [4.78, 5) is 32.6. The predicted molar refractivity (Wildman–Crippen MR) is 119 cm³/mol. The second kappa shape index (κ2) is 10.7. The molecule has 35 heavy (non-hydrogen) atoms. The van der Waals surface area contributed by atoms with Gasteiger partial charge in [0, 0.05) is 11.8 Å². The summed E-state index contributed by atoms with van der Waals surface area (Å²) in [5.41, 5.74) is 1.85. The molecule has 0 bridgehead atoms. The summed E-state index contributed by atoms with van der Waals surface area (Å²) in [5.74, 6) is -0.0822. The molecule has 1 aliphatic heterocycles. The van der Waals surface area contributed by atoms with E-state index < -0.39 is 12.1 Å². The van der Waals surface area contributed by atoms with Crippen molar-refractivity contribution < 1.29 is 32.3 Å². The van der Waals surface area contributed by atoms with Gasteiger partial charge in [-0.1, -0.05) is 0 Å². The molecule has 0 saturated carbocycles. The normalized spacial score (nSPS) is 13.9. The van der Waals surface area contributed by atoms with Crippen molar-refractivity contribution in [2.24, 2.45) is 0 Å². The molecule has 3 aromatic heterocycles. The molecule has 0 unspecified atom stereocenters. The number of carbonyl (C=O) groups excluding carboxylic acids is 1. The number of hydrogen-bond donors (Lipinski definition) is 2. The Kier molecular flexibility index (Phi) is 7.89. The number of amides is 1. The number of nitrogens with one attached hydrogen (secondary N) is 1. The molecule has 1 amide bonds. The van der Waals surface area contributed by atoms with Gasteiger partial charge >= 0.3 is 12.1 Å². The molecular formula is C22H25F3N6O4. The van der Waals surface area contributed by atoms with E-state index in [0.717, 1.165) is 43.1 Å². The smallest absolute Gasteiger partial charge is 0.475 e. The Bertz CT molecular complexity index is 1200. The average molecular weight is 494 g/mol. The van der Waals surface area contributed by atoms with Gasteiger partial charge < -0.3 is 14.8 Å². The summed E-state index contributed by atoms with van der Waals surface area (Å²) in [6.07, 6.45) is -2.80. The lowest BCUT2D eigenvalue weighted by Crippen LogP contribution is -2.31. The highest BCUT2D eigenvalue weighted by molar-refractivity contribution is 5.91. The minimum Gasteiger partial charge on any atom is -0.475 e. The minimum absolute atomic E-state index is 0.0820. The van der Waals surface area contributed by atoms with E-state index in [1.54, 1.807) is 10.7 Å². The van der Waals surface area contributed by atoms with E-state index in [2.05, 4.69) is 25.3 Å². The monoisotopic (exact) mass is 494 g/mol.